The van der Waals surface area contributed by atoms with E-state index in [9.17, 15) is 19.5 Å². The Morgan fingerprint density at radius 3 is 2.20 bits per heavy atom. The minimum atomic E-state index is -0.870. The molecule has 2 N–H and O–H groups in total. The molecule has 0 saturated carbocycles. The van der Waals surface area contributed by atoms with E-state index in [0.29, 0.717) is 19.4 Å². The van der Waals surface area contributed by atoms with Crippen molar-refractivity contribution in [2.75, 3.05) is 19.7 Å². The zero-order valence-corrected chi connectivity index (χ0v) is 20.6. The van der Waals surface area contributed by atoms with Gasteiger partial charge in [-0.25, -0.2) is 4.79 Å². The molecular weight excluding hydrogens is 444 g/mol. The molecule has 2 amide bonds. The molecule has 1 aliphatic heterocycles. The van der Waals surface area contributed by atoms with E-state index in [-0.39, 0.29) is 36.9 Å². The Morgan fingerprint density at radius 2 is 1.66 bits per heavy atom. The van der Waals surface area contributed by atoms with Crippen molar-refractivity contribution in [2.45, 2.75) is 45.6 Å². The summed E-state index contributed by atoms with van der Waals surface area (Å²) in [5, 5.41) is 12.2. The first kappa shape index (κ1) is 24.8. The lowest BCUT2D eigenvalue weighted by molar-refractivity contribution is -0.143. The number of nitrogens with one attached hydrogen (secondary N) is 1. The highest BCUT2D eigenvalue weighted by molar-refractivity contribution is 5.82. The Bertz CT molecular complexity index is 1050. The molecule has 0 bridgehead atoms. The van der Waals surface area contributed by atoms with Gasteiger partial charge in [-0.15, -0.1) is 0 Å². The number of alkyl carbamates (subject to hydrolysis) is 1. The van der Waals surface area contributed by atoms with Gasteiger partial charge in [0.15, 0.2) is 0 Å². The van der Waals surface area contributed by atoms with Crippen molar-refractivity contribution in [1.82, 2.24) is 10.2 Å². The highest BCUT2D eigenvalue weighted by Crippen LogP contribution is 2.44. The molecule has 186 valence electrons. The molecule has 3 atom stereocenters. The molecule has 0 spiro atoms. The van der Waals surface area contributed by atoms with Crippen molar-refractivity contribution < 1.29 is 24.2 Å². The number of rotatable bonds is 8. The summed E-state index contributed by atoms with van der Waals surface area (Å²) in [6.45, 7) is 6.65. The maximum atomic E-state index is 13.3. The number of carboxylic acid groups (broad SMARTS) is 1. The van der Waals surface area contributed by atoms with E-state index >= 15 is 0 Å². The summed E-state index contributed by atoms with van der Waals surface area (Å²) < 4.78 is 5.62. The van der Waals surface area contributed by atoms with Crippen molar-refractivity contribution in [2.24, 2.45) is 17.8 Å². The average molecular weight is 479 g/mol. The van der Waals surface area contributed by atoms with Gasteiger partial charge in [0, 0.05) is 25.0 Å². The number of aliphatic carboxylic acids is 1. The van der Waals surface area contributed by atoms with Gasteiger partial charge in [-0.1, -0.05) is 62.4 Å². The normalized spacial score (nSPS) is 19.8. The SMILES string of the molecule is CC(C)CC(CNC(=O)OCC1c2ccccc2-c2ccccc21)C(=O)N1CCC(C(=O)O)C1C. The van der Waals surface area contributed by atoms with Gasteiger partial charge in [-0.05, 0) is 47.9 Å². The second-order valence-corrected chi connectivity index (χ2v) is 10.0. The Balaban J connectivity index is 1.37. The van der Waals surface area contributed by atoms with Crippen LogP contribution < -0.4 is 5.32 Å². The van der Waals surface area contributed by atoms with Crippen LogP contribution in [-0.2, 0) is 14.3 Å². The lowest BCUT2D eigenvalue weighted by Gasteiger charge is -2.29. The summed E-state index contributed by atoms with van der Waals surface area (Å²) in [6.07, 6.45) is 0.506. The van der Waals surface area contributed by atoms with Crippen molar-refractivity contribution in [3.05, 3.63) is 59.7 Å². The average Bonchev–Trinajstić information content (AvgIpc) is 3.38. The van der Waals surface area contributed by atoms with Crippen LogP contribution in [0.25, 0.3) is 11.1 Å². The summed E-state index contributed by atoms with van der Waals surface area (Å²) in [5.41, 5.74) is 4.62. The van der Waals surface area contributed by atoms with E-state index in [2.05, 4.69) is 29.6 Å². The molecule has 0 radical (unpaired) electrons. The third-order valence-corrected chi connectivity index (χ3v) is 7.30. The van der Waals surface area contributed by atoms with E-state index in [1.807, 2.05) is 38.1 Å². The van der Waals surface area contributed by atoms with Gasteiger partial charge in [0.2, 0.25) is 5.91 Å². The number of carboxylic acids is 1. The summed E-state index contributed by atoms with van der Waals surface area (Å²) in [4.78, 5) is 39.0. The van der Waals surface area contributed by atoms with Gasteiger partial charge in [0.1, 0.15) is 6.61 Å². The van der Waals surface area contributed by atoms with E-state index < -0.39 is 23.9 Å². The quantitative estimate of drug-likeness (QED) is 0.582. The molecule has 7 nitrogen and oxygen atoms in total. The minimum absolute atomic E-state index is 0.0281. The second kappa shape index (κ2) is 10.5. The Kier molecular flexibility index (Phi) is 7.43. The van der Waals surface area contributed by atoms with Gasteiger partial charge in [-0.2, -0.15) is 0 Å². The fourth-order valence-electron chi connectivity index (χ4n) is 5.51. The number of amides is 2. The number of nitrogens with zero attached hydrogens (tertiary/aromatic N) is 1. The summed E-state index contributed by atoms with van der Waals surface area (Å²) in [7, 11) is 0. The molecule has 0 aromatic heterocycles. The fraction of sp³-hybridized carbons (Fsp3) is 0.464. The van der Waals surface area contributed by atoms with E-state index in [1.54, 1.807) is 11.8 Å². The molecule has 1 fully saturated rings. The zero-order valence-electron chi connectivity index (χ0n) is 20.6. The maximum Gasteiger partial charge on any atom is 0.407 e. The summed E-state index contributed by atoms with van der Waals surface area (Å²) >= 11 is 0. The van der Waals surface area contributed by atoms with Crippen LogP contribution >= 0.6 is 0 Å². The van der Waals surface area contributed by atoms with Crippen LogP contribution in [0.15, 0.2) is 48.5 Å². The van der Waals surface area contributed by atoms with Crippen LogP contribution in [0.1, 0.15) is 50.7 Å². The first-order chi connectivity index (χ1) is 16.8. The minimum Gasteiger partial charge on any atom is -0.481 e. The van der Waals surface area contributed by atoms with Gasteiger partial charge >= 0.3 is 12.1 Å². The lowest BCUT2D eigenvalue weighted by atomic mass is 9.95. The predicted octanol–water partition coefficient (Wildman–Crippen LogP) is 4.51. The molecule has 35 heavy (non-hydrogen) atoms. The third kappa shape index (κ3) is 5.19. The van der Waals surface area contributed by atoms with Crippen molar-refractivity contribution >= 4 is 18.0 Å². The van der Waals surface area contributed by atoms with Crippen molar-refractivity contribution in [1.29, 1.82) is 0 Å². The van der Waals surface area contributed by atoms with Crippen LogP contribution in [0.4, 0.5) is 4.79 Å². The zero-order chi connectivity index (χ0) is 25.1. The summed E-state index contributed by atoms with van der Waals surface area (Å²) in [6, 6.07) is 16.0. The molecule has 3 unspecified atom stereocenters. The summed E-state index contributed by atoms with van der Waals surface area (Å²) in [5.74, 6) is -1.72. The molecule has 4 rings (SSSR count). The van der Waals surface area contributed by atoms with Gasteiger partial charge in [-0.3, -0.25) is 9.59 Å². The maximum absolute atomic E-state index is 13.3. The van der Waals surface area contributed by atoms with Gasteiger partial charge in [0.25, 0.3) is 0 Å². The number of benzene rings is 2. The predicted molar refractivity (Wildman–Crippen MR) is 133 cm³/mol. The van der Waals surface area contributed by atoms with Crippen LogP contribution in [0.3, 0.4) is 0 Å². The fourth-order valence-corrected chi connectivity index (χ4v) is 5.51. The van der Waals surface area contributed by atoms with Crippen LogP contribution in [0.5, 0.6) is 0 Å². The third-order valence-electron chi connectivity index (χ3n) is 7.30. The molecule has 1 saturated heterocycles. The van der Waals surface area contributed by atoms with Crippen molar-refractivity contribution in [3.63, 3.8) is 0 Å². The Morgan fingerprint density at radius 1 is 1.06 bits per heavy atom. The van der Waals surface area contributed by atoms with Gasteiger partial charge in [0.05, 0.1) is 11.8 Å². The molecule has 1 aliphatic carbocycles. The molecule has 2 aromatic rings. The highest BCUT2D eigenvalue weighted by Gasteiger charge is 2.40. The number of hydrogen-bond donors (Lipinski definition) is 2. The first-order valence-corrected chi connectivity index (χ1v) is 12.4. The molecule has 7 heteroatoms. The van der Waals surface area contributed by atoms with E-state index in [0.717, 1.165) is 11.1 Å². The standard InChI is InChI=1S/C28H34N2O5/c1-17(2)14-19(26(31)30-13-12-20(18(30)3)27(32)33)15-29-28(34)35-16-25-23-10-6-4-8-21(23)22-9-5-7-11-24(22)25/h4-11,17-20,25H,12-16H2,1-3H3,(H,29,34)(H,32,33). The number of hydrogen-bond acceptors (Lipinski definition) is 4. The van der Waals surface area contributed by atoms with E-state index in [4.69, 9.17) is 4.74 Å². The lowest BCUT2D eigenvalue weighted by Crippen LogP contribution is -2.45. The molecule has 2 aliphatic rings. The largest absolute Gasteiger partial charge is 0.481 e. The Labute approximate surface area is 206 Å². The van der Waals surface area contributed by atoms with Crippen LogP contribution in [0, 0.1) is 17.8 Å². The number of carbonyl (C=O) groups excluding carboxylic acids is 2. The number of fused-ring (bicyclic) bond motifs is 3. The van der Waals surface area contributed by atoms with Crippen molar-refractivity contribution in [3.8, 4) is 11.1 Å². The molecular formula is C28H34N2O5. The monoisotopic (exact) mass is 478 g/mol. The first-order valence-electron chi connectivity index (χ1n) is 12.4. The number of likely N-dealkylation sites (tertiary alicyclic amines) is 1. The van der Waals surface area contributed by atoms with Crippen LogP contribution in [0.2, 0.25) is 0 Å². The van der Waals surface area contributed by atoms with Crippen LogP contribution in [-0.4, -0.2) is 53.7 Å². The topological polar surface area (TPSA) is 95.9 Å². The highest BCUT2D eigenvalue weighted by atomic mass is 16.5. The molecule has 2 aromatic carbocycles. The second-order valence-electron chi connectivity index (χ2n) is 10.0. The van der Waals surface area contributed by atoms with E-state index in [1.165, 1.54) is 11.1 Å². The molecule has 1 heterocycles. The number of ether oxygens (including phenoxy) is 1. The smallest absolute Gasteiger partial charge is 0.407 e. The number of carbonyl (C=O) groups is 3. The van der Waals surface area contributed by atoms with Gasteiger partial charge < -0.3 is 20.1 Å². The Hall–Kier alpha value is -3.35.